The molecule has 1 N–H and O–H groups in total. The molecule has 2 amide bonds. The largest absolute Gasteiger partial charge is 0.493 e. The van der Waals surface area contributed by atoms with E-state index in [1.807, 2.05) is 38.1 Å². The number of ether oxygens (including phenoxy) is 2. The third-order valence-electron chi connectivity index (χ3n) is 4.44. The van der Waals surface area contributed by atoms with E-state index in [-0.39, 0.29) is 17.9 Å². The number of nitrogens with one attached hydrogen (secondary N) is 1. The quantitative estimate of drug-likeness (QED) is 0.753. The molecule has 0 spiro atoms. The first-order valence-electron chi connectivity index (χ1n) is 9.18. The Morgan fingerprint density at radius 1 is 1.10 bits per heavy atom. The highest BCUT2D eigenvalue weighted by atomic mass is 32.2. The van der Waals surface area contributed by atoms with Gasteiger partial charge in [-0.25, -0.2) is 0 Å². The number of carbonyl (C=O) groups is 2. The van der Waals surface area contributed by atoms with Gasteiger partial charge < -0.3 is 19.7 Å². The Bertz CT molecular complexity index is 985. The molecule has 0 saturated heterocycles. The summed E-state index contributed by atoms with van der Waals surface area (Å²) >= 11 is 1.39. The summed E-state index contributed by atoms with van der Waals surface area (Å²) in [4.78, 5) is 28.3. The average molecular weight is 413 g/mol. The fourth-order valence-corrected chi connectivity index (χ4v) is 4.07. The second-order valence-electron chi connectivity index (χ2n) is 6.90. The summed E-state index contributed by atoms with van der Waals surface area (Å²) in [7, 11) is 4.87. The molecule has 0 aliphatic carbocycles. The van der Waals surface area contributed by atoms with Gasteiger partial charge in [0.2, 0.25) is 0 Å². The highest BCUT2D eigenvalue weighted by Gasteiger charge is 2.27. The van der Waals surface area contributed by atoms with E-state index >= 15 is 0 Å². The smallest absolute Gasteiger partial charge is 0.264 e. The first kappa shape index (κ1) is 20.8. The summed E-state index contributed by atoms with van der Waals surface area (Å²) in [6, 6.07) is 11.0. The molecule has 7 heteroatoms. The molecule has 0 radical (unpaired) electrons. The lowest BCUT2D eigenvalue weighted by Gasteiger charge is -2.27. The van der Waals surface area contributed by atoms with Crippen molar-refractivity contribution in [1.29, 1.82) is 0 Å². The summed E-state index contributed by atoms with van der Waals surface area (Å²) in [5.74, 6) is 0.954. The molecule has 1 aliphatic heterocycles. The maximum atomic E-state index is 12.9. The zero-order chi connectivity index (χ0) is 21.1. The molecule has 1 aliphatic rings. The van der Waals surface area contributed by atoms with Crippen LogP contribution < -0.4 is 19.7 Å². The predicted molar refractivity (Wildman–Crippen MR) is 116 cm³/mol. The molecule has 2 aromatic carbocycles. The highest BCUT2D eigenvalue weighted by molar-refractivity contribution is 8.04. The molecule has 2 aromatic rings. The fourth-order valence-electron chi connectivity index (χ4n) is 2.97. The van der Waals surface area contributed by atoms with Crippen molar-refractivity contribution >= 4 is 35.3 Å². The van der Waals surface area contributed by atoms with Gasteiger partial charge in [-0.15, -0.1) is 0 Å². The number of hydrogen-bond acceptors (Lipinski definition) is 5. The Morgan fingerprint density at radius 3 is 2.48 bits per heavy atom. The fraction of sp³-hybridized carbons (Fsp3) is 0.273. The average Bonchev–Trinajstić information content (AvgIpc) is 2.71. The maximum absolute atomic E-state index is 12.9. The second kappa shape index (κ2) is 8.61. The number of methoxy groups -OCH3 is 2. The van der Waals surface area contributed by atoms with Crippen LogP contribution in [0.2, 0.25) is 0 Å². The second-order valence-corrected chi connectivity index (χ2v) is 7.98. The van der Waals surface area contributed by atoms with Crippen LogP contribution in [0.15, 0.2) is 46.2 Å². The van der Waals surface area contributed by atoms with Crippen LogP contribution in [0.1, 0.15) is 29.8 Å². The van der Waals surface area contributed by atoms with Gasteiger partial charge in [-0.1, -0.05) is 17.8 Å². The molecule has 6 nitrogen and oxygen atoms in total. The lowest BCUT2D eigenvalue weighted by molar-refractivity contribution is -0.114. The molecule has 0 bridgehead atoms. The summed E-state index contributed by atoms with van der Waals surface area (Å²) in [5, 5.41) is 2.87. The van der Waals surface area contributed by atoms with E-state index in [4.69, 9.17) is 9.47 Å². The molecule has 0 unspecified atom stereocenters. The van der Waals surface area contributed by atoms with Crippen molar-refractivity contribution in [3.8, 4) is 11.5 Å². The molecule has 29 heavy (non-hydrogen) atoms. The van der Waals surface area contributed by atoms with Gasteiger partial charge >= 0.3 is 0 Å². The van der Waals surface area contributed by atoms with Crippen LogP contribution in [0.4, 0.5) is 5.69 Å². The van der Waals surface area contributed by atoms with Gasteiger partial charge in [0.05, 0.1) is 24.8 Å². The Kier molecular flexibility index (Phi) is 6.17. The van der Waals surface area contributed by atoms with Gasteiger partial charge in [0.15, 0.2) is 11.5 Å². The molecule has 0 aromatic heterocycles. The monoisotopic (exact) mass is 412 g/mol. The van der Waals surface area contributed by atoms with Crippen molar-refractivity contribution in [2.24, 2.45) is 0 Å². The van der Waals surface area contributed by atoms with E-state index in [9.17, 15) is 9.59 Å². The number of amides is 2. The molecule has 0 fully saturated rings. The minimum Gasteiger partial charge on any atom is -0.493 e. The number of anilines is 1. The third-order valence-corrected chi connectivity index (χ3v) is 5.52. The van der Waals surface area contributed by atoms with Crippen LogP contribution in [0.5, 0.6) is 11.5 Å². The molecule has 1 heterocycles. The molecule has 0 atom stereocenters. The van der Waals surface area contributed by atoms with Gasteiger partial charge in [-0.05, 0) is 55.8 Å². The molecular formula is C22H24N2O4S. The van der Waals surface area contributed by atoms with Crippen molar-refractivity contribution < 1.29 is 19.1 Å². The summed E-state index contributed by atoms with van der Waals surface area (Å²) < 4.78 is 10.6. The van der Waals surface area contributed by atoms with E-state index in [1.165, 1.54) is 11.8 Å². The zero-order valence-corrected chi connectivity index (χ0v) is 17.9. The SMILES string of the molecule is COc1ccc(C=C2Sc3ccc(C(=O)NC(C)C)cc3N(C)C2=O)cc1OC. The molecular weight excluding hydrogens is 388 g/mol. The number of benzene rings is 2. The van der Waals surface area contributed by atoms with Crippen molar-refractivity contribution in [1.82, 2.24) is 5.32 Å². The normalized spacial score (nSPS) is 14.8. The van der Waals surface area contributed by atoms with Crippen LogP contribution >= 0.6 is 11.8 Å². The van der Waals surface area contributed by atoms with Gasteiger partial charge in [0.25, 0.3) is 11.8 Å². The minimum absolute atomic E-state index is 0.0447. The van der Waals surface area contributed by atoms with Crippen LogP contribution in [0.25, 0.3) is 6.08 Å². The van der Waals surface area contributed by atoms with Crippen molar-refractivity contribution in [3.63, 3.8) is 0 Å². The maximum Gasteiger partial charge on any atom is 0.264 e. The Labute approximate surface area is 174 Å². The number of rotatable bonds is 5. The summed E-state index contributed by atoms with van der Waals surface area (Å²) in [6.07, 6.45) is 1.83. The number of fused-ring (bicyclic) bond motifs is 1. The van der Waals surface area contributed by atoms with Crippen molar-refractivity contribution in [2.45, 2.75) is 24.8 Å². The highest BCUT2D eigenvalue weighted by Crippen LogP contribution is 2.42. The first-order valence-corrected chi connectivity index (χ1v) is 10.00. The molecule has 3 rings (SSSR count). The van der Waals surface area contributed by atoms with Crippen LogP contribution in [0, 0.1) is 0 Å². The van der Waals surface area contributed by atoms with Crippen LogP contribution in [-0.4, -0.2) is 39.1 Å². The van der Waals surface area contributed by atoms with Crippen molar-refractivity contribution in [3.05, 3.63) is 52.4 Å². The van der Waals surface area contributed by atoms with E-state index in [0.29, 0.717) is 22.0 Å². The Hall–Kier alpha value is -2.93. The lowest BCUT2D eigenvalue weighted by atomic mass is 10.1. The zero-order valence-electron chi connectivity index (χ0n) is 17.1. The van der Waals surface area contributed by atoms with E-state index in [2.05, 4.69) is 5.32 Å². The van der Waals surface area contributed by atoms with Gasteiger partial charge in [0, 0.05) is 23.5 Å². The lowest BCUT2D eigenvalue weighted by Crippen LogP contribution is -2.32. The predicted octanol–water partition coefficient (Wildman–Crippen LogP) is 3.95. The van der Waals surface area contributed by atoms with E-state index < -0.39 is 0 Å². The van der Waals surface area contributed by atoms with E-state index in [0.717, 1.165) is 16.1 Å². The summed E-state index contributed by atoms with van der Waals surface area (Å²) in [5.41, 5.74) is 2.09. The number of nitrogens with zero attached hydrogens (tertiary/aromatic N) is 1. The number of carbonyl (C=O) groups excluding carboxylic acids is 2. The van der Waals surface area contributed by atoms with Crippen LogP contribution in [0.3, 0.4) is 0 Å². The number of likely N-dealkylation sites (N-methyl/N-ethyl adjacent to an activating group) is 1. The van der Waals surface area contributed by atoms with E-state index in [1.54, 1.807) is 44.4 Å². The molecule has 0 saturated carbocycles. The number of thioether (sulfide) groups is 1. The van der Waals surface area contributed by atoms with Crippen LogP contribution in [-0.2, 0) is 4.79 Å². The summed E-state index contributed by atoms with van der Waals surface area (Å²) in [6.45, 7) is 3.82. The Morgan fingerprint density at radius 2 is 1.83 bits per heavy atom. The van der Waals surface area contributed by atoms with Gasteiger partial charge in [0.1, 0.15) is 0 Å². The standard InChI is InChI=1S/C22H24N2O4S/c1-13(2)23-21(25)15-7-9-19-16(12-15)24(3)22(26)20(29-19)11-14-6-8-17(27-4)18(10-14)28-5/h6-13H,1-5H3,(H,23,25). The van der Waals surface area contributed by atoms with Crippen molar-refractivity contribution in [2.75, 3.05) is 26.2 Å². The van der Waals surface area contributed by atoms with Gasteiger partial charge in [-0.3, -0.25) is 9.59 Å². The molecule has 152 valence electrons. The number of hydrogen-bond donors (Lipinski definition) is 1. The minimum atomic E-state index is -0.152. The third kappa shape index (κ3) is 4.40. The van der Waals surface area contributed by atoms with Gasteiger partial charge in [-0.2, -0.15) is 0 Å². The first-order chi connectivity index (χ1) is 13.8. The topological polar surface area (TPSA) is 67.9 Å². The Balaban J connectivity index is 1.92.